The maximum absolute atomic E-state index is 5.48. The summed E-state index contributed by atoms with van der Waals surface area (Å²) in [7, 11) is 0. The highest BCUT2D eigenvalue weighted by atomic mass is 16.5. The smallest absolute Gasteiger partial charge is 0.150 e. The van der Waals surface area contributed by atoms with Gasteiger partial charge in [-0.05, 0) is 64.7 Å². The predicted octanol–water partition coefficient (Wildman–Crippen LogP) is 3.08. The Balaban J connectivity index is 1.53. The summed E-state index contributed by atoms with van der Waals surface area (Å²) < 4.78 is 5.48. The van der Waals surface area contributed by atoms with Crippen LogP contribution >= 0.6 is 0 Å². The van der Waals surface area contributed by atoms with Crippen LogP contribution in [0.5, 0.6) is 0 Å². The molecule has 2 aliphatic heterocycles. The van der Waals surface area contributed by atoms with Crippen LogP contribution in [0.2, 0.25) is 0 Å². The third-order valence-electron chi connectivity index (χ3n) is 5.06. The van der Waals surface area contributed by atoms with Crippen molar-refractivity contribution in [3.05, 3.63) is 17.5 Å². The summed E-state index contributed by atoms with van der Waals surface area (Å²) in [6.45, 7) is 8.19. The summed E-state index contributed by atoms with van der Waals surface area (Å²) in [6, 6.07) is 2.86. The number of hydrogen-bond donors (Lipinski definition) is 0. The number of likely N-dealkylation sites (tertiary alicyclic amines) is 2. The third-order valence-corrected chi connectivity index (χ3v) is 5.06. The van der Waals surface area contributed by atoms with Gasteiger partial charge in [0.15, 0.2) is 5.76 Å². The molecule has 1 atom stereocenters. The fraction of sp³-hybridized carbons (Fsp3) is 0.824. The second kappa shape index (κ2) is 7.41. The first-order valence-corrected chi connectivity index (χ1v) is 8.76. The van der Waals surface area contributed by atoms with Crippen LogP contribution in [-0.4, -0.2) is 47.2 Å². The molecule has 21 heavy (non-hydrogen) atoms. The maximum Gasteiger partial charge on any atom is 0.150 e. The van der Waals surface area contributed by atoms with E-state index in [0.717, 1.165) is 30.5 Å². The molecule has 0 aromatic carbocycles. The van der Waals surface area contributed by atoms with Gasteiger partial charge in [-0.1, -0.05) is 18.5 Å². The van der Waals surface area contributed by atoms with Gasteiger partial charge in [-0.3, -0.25) is 4.90 Å². The second-order valence-corrected chi connectivity index (χ2v) is 6.60. The Labute approximate surface area is 128 Å². The minimum absolute atomic E-state index is 0.731. The van der Waals surface area contributed by atoms with Crippen LogP contribution < -0.4 is 0 Å². The fourth-order valence-corrected chi connectivity index (χ4v) is 3.73. The van der Waals surface area contributed by atoms with Gasteiger partial charge in [0, 0.05) is 12.1 Å². The number of piperidine rings is 1. The normalized spacial score (nSPS) is 24.7. The Hall–Kier alpha value is -0.870. The monoisotopic (exact) mass is 291 g/mol. The van der Waals surface area contributed by atoms with E-state index in [9.17, 15) is 0 Å². The zero-order valence-corrected chi connectivity index (χ0v) is 13.4. The van der Waals surface area contributed by atoms with Crippen molar-refractivity contribution in [2.75, 3.05) is 26.2 Å². The molecule has 0 N–H and O–H groups in total. The molecule has 2 aliphatic rings. The van der Waals surface area contributed by atoms with E-state index >= 15 is 0 Å². The molecule has 118 valence electrons. The summed E-state index contributed by atoms with van der Waals surface area (Å²) in [5.74, 6) is 1.04. The molecule has 0 aliphatic carbocycles. The van der Waals surface area contributed by atoms with E-state index in [4.69, 9.17) is 4.52 Å². The molecule has 0 spiro atoms. The van der Waals surface area contributed by atoms with E-state index in [1.165, 1.54) is 64.7 Å². The van der Waals surface area contributed by atoms with Crippen LogP contribution in [0.1, 0.15) is 56.9 Å². The van der Waals surface area contributed by atoms with Crippen molar-refractivity contribution in [2.24, 2.45) is 0 Å². The van der Waals surface area contributed by atoms with Crippen molar-refractivity contribution in [3.63, 3.8) is 0 Å². The summed E-state index contributed by atoms with van der Waals surface area (Å²) in [4.78, 5) is 5.26. The van der Waals surface area contributed by atoms with Crippen LogP contribution in [-0.2, 0) is 13.0 Å². The molecule has 0 radical (unpaired) electrons. The lowest BCUT2D eigenvalue weighted by molar-refractivity contribution is 0.110. The lowest BCUT2D eigenvalue weighted by atomic mass is 9.99. The predicted molar refractivity (Wildman–Crippen MR) is 84.2 cm³/mol. The van der Waals surface area contributed by atoms with E-state index in [1.54, 1.807) is 0 Å². The van der Waals surface area contributed by atoms with Crippen LogP contribution in [0.25, 0.3) is 0 Å². The lowest BCUT2D eigenvalue weighted by Crippen LogP contribution is -2.40. The summed E-state index contributed by atoms with van der Waals surface area (Å²) in [5, 5.41) is 4.12. The largest absolute Gasteiger partial charge is 0.360 e. The van der Waals surface area contributed by atoms with Crippen LogP contribution in [0.3, 0.4) is 0 Å². The van der Waals surface area contributed by atoms with Crippen LogP contribution in [0.4, 0.5) is 0 Å². The summed E-state index contributed by atoms with van der Waals surface area (Å²) in [6.07, 6.45) is 9.13. The molecule has 2 fully saturated rings. The van der Waals surface area contributed by atoms with Crippen molar-refractivity contribution in [3.8, 4) is 0 Å². The van der Waals surface area contributed by atoms with E-state index in [0.29, 0.717) is 0 Å². The highest BCUT2D eigenvalue weighted by molar-refractivity contribution is 5.05. The standard InChI is InChI=1S/C17H29N3O/c1-2-15-13-17(21-18-15)14-20-11-4-3-7-16(20)8-12-19-9-5-6-10-19/h13,16H,2-12,14H2,1H3/t16-/m1/s1. The molecular weight excluding hydrogens is 262 g/mol. The van der Waals surface area contributed by atoms with E-state index in [-0.39, 0.29) is 0 Å². The van der Waals surface area contributed by atoms with Crippen molar-refractivity contribution < 1.29 is 4.52 Å². The third kappa shape index (κ3) is 4.07. The summed E-state index contributed by atoms with van der Waals surface area (Å²) in [5.41, 5.74) is 1.08. The van der Waals surface area contributed by atoms with Crippen molar-refractivity contribution in [2.45, 2.75) is 64.5 Å². The van der Waals surface area contributed by atoms with Gasteiger partial charge >= 0.3 is 0 Å². The maximum atomic E-state index is 5.48. The van der Waals surface area contributed by atoms with Crippen LogP contribution in [0.15, 0.2) is 10.6 Å². The molecule has 4 nitrogen and oxygen atoms in total. The van der Waals surface area contributed by atoms with Gasteiger partial charge in [0.1, 0.15) is 0 Å². The number of hydrogen-bond acceptors (Lipinski definition) is 4. The number of aromatic nitrogens is 1. The Morgan fingerprint density at radius 2 is 2.00 bits per heavy atom. The van der Waals surface area contributed by atoms with E-state index in [2.05, 4.69) is 27.9 Å². The van der Waals surface area contributed by atoms with Crippen molar-refractivity contribution in [1.82, 2.24) is 15.0 Å². The molecule has 3 heterocycles. The average Bonchev–Trinajstić information content (AvgIpc) is 3.17. The van der Waals surface area contributed by atoms with Crippen LogP contribution in [0, 0.1) is 0 Å². The van der Waals surface area contributed by atoms with E-state index < -0.39 is 0 Å². The Morgan fingerprint density at radius 3 is 2.76 bits per heavy atom. The van der Waals surface area contributed by atoms with Gasteiger partial charge in [0.2, 0.25) is 0 Å². The van der Waals surface area contributed by atoms with Gasteiger partial charge in [-0.25, -0.2) is 0 Å². The topological polar surface area (TPSA) is 32.5 Å². The minimum Gasteiger partial charge on any atom is -0.360 e. The molecule has 0 unspecified atom stereocenters. The quantitative estimate of drug-likeness (QED) is 0.806. The zero-order chi connectivity index (χ0) is 14.5. The highest BCUT2D eigenvalue weighted by Gasteiger charge is 2.24. The molecule has 2 saturated heterocycles. The molecule has 4 heteroatoms. The zero-order valence-electron chi connectivity index (χ0n) is 13.4. The van der Waals surface area contributed by atoms with Gasteiger partial charge in [0.25, 0.3) is 0 Å². The first-order valence-electron chi connectivity index (χ1n) is 8.76. The van der Waals surface area contributed by atoms with Gasteiger partial charge < -0.3 is 9.42 Å². The summed E-state index contributed by atoms with van der Waals surface area (Å²) >= 11 is 0. The molecule has 1 aromatic rings. The molecule has 0 saturated carbocycles. The first-order chi connectivity index (χ1) is 10.3. The second-order valence-electron chi connectivity index (χ2n) is 6.60. The molecule has 0 amide bonds. The number of rotatable bonds is 6. The average molecular weight is 291 g/mol. The van der Waals surface area contributed by atoms with Gasteiger partial charge in [0.05, 0.1) is 12.2 Å². The number of nitrogens with zero attached hydrogens (tertiary/aromatic N) is 3. The van der Waals surface area contributed by atoms with Gasteiger partial charge in [-0.2, -0.15) is 0 Å². The van der Waals surface area contributed by atoms with Gasteiger partial charge in [-0.15, -0.1) is 0 Å². The molecule has 0 bridgehead atoms. The SMILES string of the molecule is CCc1cc(CN2CCCC[C@@H]2CCN2CCCC2)on1. The number of aryl methyl sites for hydroxylation is 1. The lowest BCUT2D eigenvalue weighted by Gasteiger charge is -2.35. The van der Waals surface area contributed by atoms with Crippen molar-refractivity contribution >= 4 is 0 Å². The van der Waals surface area contributed by atoms with Crippen molar-refractivity contribution in [1.29, 1.82) is 0 Å². The molecule has 3 rings (SSSR count). The fourth-order valence-electron chi connectivity index (χ4n) is 3.73. The Bertz CT molecular complexity index is 425. The minimum atomic E-state index is 0.731. The molecule has 1 aromatic heterocycles. The first kappa shape index (κ1) is 15.0. The van der Waals surface area contributed by atoms with E-state index in [1.807, 2.05) is 0 Å². The Morgan fingerprint density at radius 1 is 1.19 bits per heavy atom. The Kier molecular flexibility index (Phi) is 5.31. The molecular formula is C17H29N3O. The highest BCUT2D eigenvalue weighted by Crippen LogP contribution is 2.23.